The molecule has 2 aromatic rings. The highest BCUT2D eigenvalue weighted by molar-refractivity contribution is 8.13. The average molecular weight is 410 g/mol. The molecule has 2 aromatic carbocycles. The predicted octanol–water partition coefficient (Wildman–Crippen LogP) is 1.99. The Morgan fingerprint density at radius 2 is 2.00 bits per heavy atom. The number of nitrogens with one attached hydrogen (secondary N) is 1. The van der Waals surface area contributed by atoms with Crippen LogP contribution in [-0.2, 0) is 4.79 Å². The lowest BCUT2D eigenvalue weighted by Gasteiger charge is -2.34. The lowest BCUT2D eigenvalue weighted by molar-refractivity contribution is -0.116. The van der Waals surface area contributed by atoms with Crippen molar-refractivity contribution in [2.24, 2.45) is 10.1 Å². The molecule has 0 unspecified atom stereocenters. The quantitative estimate of drug-likeness (QED) is 0.816. The van der Waals surface area contributed by atoms with E-state index in [2.05, 4.69) is 5.32 Å². The summed E-state index contributed by atoms with van der Waals surface area (Å²) in [6.45, 7) is 4.46. The highest BCUT2D eigenvalue weighted by Gasteiger charge is 2.36. The number of thioether (sulfide) groups is 1. The van der Waals surface area contributed by atoms with Gasteiger partial charge in [-0.05, 0) is 24.8 Å². The van der Waals surface area contributed by atoms with Crippen LogP contribution in [0, 0.1) is 0 Å². The van der Waals surface area contributed by atoms with Crippen LogP contribution < -0.4 is 25.4 Å². The Labute approximate surface area is 173 Å². The van der Waals surface area contributed by atoms with Gasteiger partial charge in [-0.3, -0.25) is 15.1 Å². The predicted molar refractivity (Wildman–Crippen MR) is 113 cm³/mol. The standard InChI is InChI=1S/C21H22N4O3S/c1-4-28-16-12-8-10-14(18(16)27-3)19-22-15-11-7-6-9-13(15)17-20(26)23-21(29-5-2)24-25(17)19/h6-12,19H,4-5H2,1-3H3,(H,23,24,26)/t19-/m0/s1. The monoisotopic (exact) mass is 410 g/mol. The molecule has 0 radical (unpaired) electrons. The van der Waals surface area contributed by atoms with Crippen molar-refractivity contribution in [1.29, 1.82) is 0 Å². The number of amides is 1. The first-order valence-electron chi connectivity index (χ1n) is 9.46. The normalized spacial score (nSPS) is 17.6. The molecule has 0 aromatic heterocycles. The number of para-hydroxylation sites is 2. The van der Waals surface area contributed by atoms with Gasteiger partial charge in [-0.1, -0.05) is 49.0 Å². The van der Waals surface area contributed by atoms with Crippen molar-refractivity contribution >= 4 is 28.5 Å². The van der Waals surface area contributed by atoms with Gasteiger partial charge in [-0.25, -0.2) is 5.01 Å². The minimum Gasteiger partial charge on any atom is -0.492 e. The molecule has 2 aliphatic heterocycles. The molecule has 0 fully saturated rings. The molecule has 2 heterocycles. The lowest BCUT2D eigenvalue weighted by Crippen LogP contribution is -2.50. The van der Waals surface area contributed by atoms with E-state index in [1.807, 2.05) is 56.3 Å². The van der Waals surface area contributed by atoms with Gasteiger partial charge in [-0.15, -0.1) is 5.10 Å². The highest BCUT2D eigenvalue weighted by Crippen LogP contribution is 2.40. The van der Waals surface area contributed by atoms with Crippen LogP contribution in [0.5, 0.6) is 11.5 Å². The summed E-state index contributed by atoms with van der Waals surface area (Å²) in [5.74, 6) is 1.83. The van der Waals surface area contributed by atoms with Crippen LogP contribution in [0.1, 0.15) is 25.6 Å². The largest absolute Gasteiger partial charge is 0.492 e. The summed E-state index contributed by atoms with van der Waals surface area (Å²) in [5.41, 5.74) is 1.26. The lowest BCUT2D eigenvalue weighted by atomic mass is 10.1. The number of hydrogen-bond donors (Lipinski definition) is 1. The Kier molecular flexibility index (Phi) is 5.44. The molecule has 150 valence electrons. The number of amidine groups is 1. The third kappa shape index (κ3) is 3.44. The highest BCUT2D eigenvalue weighted by atomic mass is 32.2. The van der Waals surface area contributed by atoms with Gasteiger partial charge in [0.1, 0.15) is 5.70 Å². The summed E-state index contributed by atoms with van der Waals surface area (Å²) in [5, 5.41) is 11.3. The SMILES string of the molecule is CCOc1cccc([C@H]2N=c3ccccc3=C3C(=O)NC(SCC)=NN32)c1OC. The molecule has 0 spiro atoms. The summed E-state index contributed by atoms with van der Waals surface area (Å²) < 4.78 is 11.4. The smallest absolute Gasteiger partial charge is 0.276 e. The summed E-state index contributed by atoms with van der Waals surface area (Å²) in [6, 6.07) is 13.3. The van der Waals surface area contributed by atoms with Gasteiger partial charge >= 0.3 is 0 Å². The Bertz CT molecular complexity index is 1100. The van der Waals surface area contributed by atoms with Crippen LogP contribution in [0.25, 0.3) is 5.70 Å². The first kappa shape index (κ1) is 19.3. The first-order valence-corrected chi connectivity index (χ1v) is 10.4. The second-order valence-corrected chi connectivity index (χ2v) is 7.57. The van der Waals surface area contributed by atoms with Gasteiger partial charge in [0.2, 0.25) is 0 Å². The number of fused-ring (bicyclic) bond motifs is 2. The number of nitrogens with zero attached hydrogens (tertiary/aromatic N) is 3. The van der Waals surface area contributed by atoms with E-state index in [1.165, 1.54) is 11.8 Å². The van der Waals surface area contributed by atoms with Crippen molar-refractivity contribution in [1.82, 2.24) is 10.3 Å². The van der Waals surface area contributed by atoms with Crippen molar-refractivity contribution in [3.63, 3.8) is 0 Å². The van der Waals surface area contributed by atoms with Crippen LogP contribution in [0.2, 0.25) is 0 Å². The Morgan fingerprint density at radius 3 is 2.76 bits per heavy atom. The summed E-state index contributed by atoms with van der Waals surface area (Å²) in [6.07, 6.45) is -0.547. The van der Waals surface area contributed by atoms with E-state index in [-0.39, 0.29) is 5.91 Å². The number of benzene rings is 2. The fourth-order valence-electron chi connectivity index (χ4n) is 3.46. The second-order valence-electron chi connectivity index (χ2n) is 6.32. The first-order chi connectivity index (χ1) is 14.2. The van der Waals surface area contributed by atoms with E-state index in [9.17, 15) is 4.79 Å². The molecular formula is C21H22N4O3S. The van der Waals surface area contributed by atoms with E-state index in [4.69, 9.17) is 19.6 Å². The number of hydrazone groups is 1. The van der Waals surface area contributed by atoms with Crippen molar-refractivity contribution in [3.05, 3.63) is 58.6 Å². The molecule has 7 nitrogen and oxygen atoms in total. The Balaban J connectivity index is 1.95. The van der Waals surface area contributed by atoms with Crippen molar-refractivity contribution in [2.45, 2.75) is 20.0 Å². The zero-order valence-electron chi connectivity index (χ0n) is 16.5. The van der Waals surface area contributed by atoms with Gasteiger partial charge in [0, 0.05) is 10.8 Å². The number of carbonyl (C=O) groups is 1. The number of methoxy groups -OCH3 is 1. The molecule has 4 rings (SSSR count). The van der Waals surface area contributed by atoms with Crippen LogP contribution in [0.15, 0.2) is 52.6 Å². The van der Waals surface area contributed by atoms with Gasteiger partial charge in [0.25, 0.3) is 5.91 Å². The molecule has 0 bridgehead atoms. The Hall–Kier alpha value is -3.00. The van der Waals surface area contributed by atoms with E-state index < -0.39 is 6.17 Å². The third-order valence-electron chi connectivity index (χ3n) is 4.59. The maximum absolute atomic E-state index is 13.0. The van der Waals surface area contributed by atoms with Crippen molar-refractivity contribution in [3.8, 4) is 11.5 Å². The van der Waals surface area contributed by atoms with E-state index >= 15 is 0 Å². The number of rotatable bonds is 5. The maximum Gasteiger partial charge on any atom is 0.276 e. The molecule has 1 N–H and O–H groups in total. The fourth-order valence-corrected chi connectivity index (χ4v) is 4.04. The maximum atomic E-state index is 13.0. The molecule has 0 aliphatic carbocycles. The molecular weight excluding hydrogens is 388 g/mol. The van der Waals surface area contributed by atoms with Crippen molar-refractivity contribution < 1.29 is 14.3 Å². The summed E-state index contributed by atoms with van der Waals surface area (Å²) in [4.78, 5) is 17.9. The van der Waals surface area contributed by atoms with Gasteiger partial charge in [0.05, 0.1) is 19.1 Å². The Morgan fingerprint density at radius 1 is 1.17 bits per heavy atom. The van der Waals surface area contributed by atoms with Crippen LogP contribution in [0.4, 0.5) is 0 Å². The summed E-state index contributed by atoms with van der Waals surface area (Å²) >= 11 is 1.48. The third-order valence-corrected chi connectivity index (χ3v) is 5.33. The summed E-state index contributed by atoms with van der Waals surface area (Å²) in [7, 11) is 1.60. The molecule has 1 amide bonds. The topological polar surface area (TPSA) is 75.5 Å². The molecule has 29 heavy (non-hydrogen) atoms. The van der Waals surface area contributed by atoms with Crippen molar-refractivity contribution in [2.75, 3.05) is 19.5 Å². The van der Waals surface area contributed by atoms with Gasteiger partial charge < -0.3 is 9.47 Å². The fraction of sp³-hybridized carbons (Fsp3) is 0.286. The van der Waals surface area contributed by atoms with E-state index in [0.29, 0.717) is 29.0 Å². The van der Waals surface area contributed by atoms with Gasteiger partial charge in [0.15, 0.2) is 22.8 Å². The van der Waals surface area contributed by atoms with Crippen LogP contribution >= 0.6 is 11.8 Å². The minimum atomic E-state index is -0.547. The van der Waals surface area contributed by atoms with E-state index in [1.54, 1.807) is 12.1 Å². The molecule has 0 saturated carbocycles. The number of carbonyl (C=O) groups excluding carboxylic acids is 1. The average Bonchev–Trinajstić information content (AvgIpc) is 2.73. The zero-order valence-corrected chi connectivity index (χ0v) is 17.3. The molecule has 1 atom stereocenters. The number of ether oxygens (including phenoxy) is 2. The molecule has 2 aliphatic rings. The molecule has 0 saturated heterocycles. The molecule has 8 heteroatoms. The number of hydrogen-bond acceptors (Lipinski definition) is 7. The second kappa shape index (κ2) is 8.16. The van der Waals surface area contributed by atoms with E-state index in [0.717, 1.165) is 21.9 Å². The van der Waals surface area contributed by atoms with Crippen LogP contribution in [-0.4, -0.2) is 35.6 Å². The van der Waals surface area contributed by atoms with Gasteiger partial charge in [-0.2, -0.15) is 0 Å². The van der Waals surface area contributed by atoms with Crippen LogP contribution in [0.3, 0.4) is 0 Å². The zero-order chi connectivity index (χ0) is 20.4. The minimum absolute atomic E-state index is 0.191.